The van der Waals surface area contributed by atoms with E-state index in [0.717, 1.165) is 29.3 Å². The van der Waals surface area contributed by atoms with E-state index in [4.69, 9.17) is 0 Å². The number of aromatic amines is 1. The number of pyridine rings is 1. The van der Waals surface area contributed by atoms with E-state index < -0.39 is 0 Å². The molecule has 1 aromatic carbocycles. The second-order valence-electron chi connectivity index (χ2n) is 5.76. The maximum atomic E-state index is 12.3. The molecule has 0 spiro atoms. The van der Waals surface area contributed by atoms with Gasteiger partial charge in [-0.3, -0.25) is 4.79 Å². The molecule has 1 fully saturated rings. The number of hydrogen-bond acceptors (Lipinski definition) is 3. The van der Waals surface area contributed by atoms with E-state index in [1.165, 1.54) is 0 Å². The number of H-pyrrole nitrogens is 1. The number of piperidine rings is 1. The van der Waals surface area contributed by atoms with E-state index in [1.807, 2.05) is 30.3 Å². The van der Waals surface area contributed by atoms with Gasteiger partial charge in [0, 0.05) is 24.2 Å². The van der Waals surface area contributed by atoms with Crippen molar-refractivity contribution < 1.29 is 9.59 Å². The van der Waals surface area contributed by atoms with Gasteiger partial charge in [0.15, 0.2) is 0 Å². The maximum absolute atomic E-state index is 12.3. The molecule has 1 aliphatic rings. The molecule has 0 unspecified atom stereocenters. The number of fused-ring (bicyclic) bond motifs is 1. The molecule has 2 amide bonds. The predicted octanol–water partition coefficient (Wildman–Crippen LogP) is 1.62. The third kappa shape index (κ3) is 3.26. The van der Waals surface area contributed by atoms with Crippen LogP contribution in [0.4, 0.5) is 4.79 Å². The minimum atomic E-state index is -0.219. The van der Waals surface area contributed by atoms with Gasteiger partial charge in [-0.1, -0.05) is 18.2 Å². The first-order chi connectivity index (χ1) is 11.2. The molecule has 6 heteroatoms. The molecular formula is C17H19N3O3. The summed E-state index contributed by atoms with van der Waals surface area (Å²) in [5, 5.41) is 3.56. The minimum Gasteiger partial charge on any atom is -0.331 e. The number of carbonyl (C=O) groups is 2. The molecular weight excluding hydrogens is 294 g/mol. The number of carbonyl (C=O) groups excluding carboxylic acids is 2. The zero-order chi connectivity index (χ0) is 16.2. The first-order valence-electron chi connectivity index (χ1n) is 7.77. The lowest BCUT2D eigenvalue weighted by Gasteiger charge is -2.31. The van der Waals surface area contributed by atoms with E-state index in [9.17, 15) is 14.4 Å². The summed E-state index contributed by atoms with van der Waals surface area (Å²) >= 11 is 0. The topological polar surface area (TPSA) is 82.3 Å². The molecule has 0 atom stereocenters. The second kappa shape index (κ2) is 6.64. The highest BCUT2D eigenvalue weighted by Crippen LogP contribution is 2.27. The first kappa shape index (κ1) is 15.3. The van der Waals surface area contributed by atoms with E-state index in [1.54, 1.807) is 4.90 Å². The lowest BCUT2D eigenvalue weighted by atomic mass is 9.89. The highest BCUT2D eigenvalue weighted by Gasteiger charge is 2.25. The van der Waals surface area contributed by atoms with Gasteiger partial charge < -0.3 is 20.0 Å². The third-order valence-corrected chi connectivity index (χ3v) is 4.34. The molecule has 1 saturated heterocycles. The first-order valence-corrected chi connectivity index (χ1v) is 7.77. The van der Waals surface area contributed by atoms with Gasteiger partial charge in [0.2, 0.25) is 0 Å². The van der Waals surface area contributed by atoms with Crippen LogP contribution in [0.5, 0.6) is 0 Å². The van der Waals surface area contributed by atoms with E-state index in [-0.39, 0.29) is 24.1 Å². The van der Waals surface area contributed by atoms with Crippen molar-refractivity contribution in [2.75, 3.05) is 19.6 Å². The molecule has 6 nitrogen and oxygen atoms in total. The normalized spacial score (nSPS) is 15.6. The van der Waals surface area contributed by atoms with Gasteiger partial charge in [0.1, 0.15) is 6.29 Å². The number of rotatable bonds is 3. The van der Waals surface area contributed by atoms with Gasteiger partial charge in [-0.25, -0.2) is 4.79 Å². The number of nitrogens with one attached hydrogen (secondary N) is 2. The van der Waals surface area contributed by atoms with Crippen molar-refractivity contribution in [2.45, 2.75) is 18.8 Å². The van der Waals surface area contributed by atoms with Gasteiger partial charge >= 0.3 is 6.03 Å². The summed E-state index contributed by atoms with van der Waals surface area (Å²) < 4.78 is 0. The Morgan fingerprint density at radius 3 is 2.78 bits per heavy atom. The van der Waals surface area contributed by atoms with Crippen LogP contribution in [-0.2, 0) is 4.79 Å². The fourth-order valence-corrected chi connectivity index (χ4v) is 3.10. The smallest absolute Gasteiger partial charge is 0.317 e. The van der Waals surface area contributed by atoms with Gasteiger partial charge in [-0.05, 0) is 36.3 Å². The van der Waals surface area contributed by atoms with Crippen molar-refractivity contribution >= 4 is 23.2 Å². The third-order valence-electron chi connectivity index (χ3n) is 4.34. The van der Waals surface area contributed by atoms with Gasteiger partial charge in [-0.15, -0.1) is 0 Å². The lowest BCUT2D eigenvalue weighted by Crippen LogP contribution is -2.45. The van der Waals surface area contributed by atoms with Crippen LogP contribution in [0.1, 0.15) is 24.3 Å². The summed E-state index contributed by atoms with van der Waals surface area (Å²) in [5.41, 5.74) is 1.58. The molecule has 0 saturated carbocycles. The number of nitrogens with zero attached hydrogens (tertiary/aromatic N) is 1. The Labute approximate surface area is 133 Å². The number of hydrogen-bond donors (Lipinski definition) is 2. The maximum Gasteiger partial charge on any atom is 0.317 e. The van der Waals surface area contributed by atoms with Crippen LogP contribution in [0.3, 0.4) is 0 Å². The summed E-state index contributed by atoms with van der Waals surface area (Å²) in [5.74, 6) is 0.151. The Bertz CT molecular complexity index is 776. The Morgan fingerprint density at radius 2 is 2.04 bits per heavy atom. The quantitative estimate of drug-likeness (QED) is 0.845. The zero-order valence-corrected chi connectivity index (χ0v) is 12.7. The summed E-state index contributed by atoms with van der Waals surface area (Å²) in [6, 6.07) is 9.46. The van der Waals surface area contributed by atoms with Crippen LogP contribution in [0.15, 0.2) is 35.1 Å². The SMILES string of the molecule is O=CCNC(=O)N1CCC(c2cc3ccccc3[nH]c2=O)CC1. The number of aldehydes is 1. The average Bonchev–Trinajstić information content (AvgIpc) is 2.59. The lowest BCUT2D eigenvalue weighted by molar-refractivity contribution is -0.107. The highest BCUT2D eigenvalue weighted by molar-refractivity contribution is 5.79. The van der Waals surface area contributed by atoms with Gasteiger partial charge in [-0.2, -0.15) is 0 Å². The van der Waals surface area contributed by atoms with E-state index >= 15 is 0 Å². The second-order valence-corrected chi connectivity index (χ2v) is 5.76. The largest absolute Gasteiger partial charge is 0.331 e. The molecule has 2 heterocycles. The average molecular weight is 313 g/mol. The Hall–Kier alpha value is -2.63. The molecule has 3 rings (SSSR count). The summed E-state index contributed by atoms with van der Waals surface area (Å²) in [6.07, 6.45) is 2.16. The minimum absolute atomic E-state index is 0.0309. The van der Waals surface area contributed by atoms with Crippen LogP contribution >= 0.6 is 0 Å². The molecule has 120 valence electrons. The van der Waals surface area contributed by atoms with Crippen molar-refractivity contribution in [3.8, 4) is 0 Å². The molecule has 2 N–H and O–H groups in total. The Kier molecular flexibility index (Phi) is 4.41. The molecule has 0 bridgehead atoms. The molecule has 1 aromatic heterocycles. The van der Waals surface area contributed by atoms with Crippen LogP contribution < -0.4 is 10.9 Å². The van der Waals surface area contributed by atoms with Crippen LogP contribution in [0, 0.1) is 0 Å². The standard InChI is InChI=1S/C17H19N3O3/c21-10-7-18-17(23)20-8-5-12(6-9-20)14-11-13-3-1-2-4-15(13)19-16(14)22/h1-4,10-12H,5-9H2,(H,18,23)(H,19,22). The van der Waals surface area contributed by atoms with Crippen molar-refractivity contribution in [1.29, 1.82) is 0 Å². The van der Waals surface area contributed by atoms with Crippen molar-refractivity contribution in [3.63, 3.8) is 0 Å². The molecule has 23 heavy (non-hydrogen) atoms. The number of aromatic nitrogens is 1. The van der Waals surface area contributed by atoms with Crippen LogP contribution in [0.2, 0.25) is 0 Å². The molecule has 0 radical (unpaired) electrons. The molecule has 0 aliphatic carbocycles. The van der Waals surface area contributed by atoms with Crippen molar-refractivity contribution in [2.24, 2.45) is 0 Å². The number of amides is 2. The van der Waals surface area contributed by atoms with Crippen LogP contribution in [-0.4, -0.2) is 41.8 Å². The van der Waals surface area contributed by atoms with Gasteiger partial charge in [0.25, 0.3) is 5.56 Å². The Morgan fingerprint density at radius 1 is 1.30 bits per heavy atom. The molecule has 1 aliphatic heterocycles. The number of urea groups is 1. The summed E-state index contributed by atoms with van der Waals surface area (Å²) in [6.45, 7) is 1.20. The van der Waals surface area contributed by atoms with Crippen molar-refractivity contribution in [1.82, 2.24) is 15.2 Å². The van der Waals surface area contributed by atoms with Gasteiger partial charge in [0.05, 0.1) is 6.54 Å². The molecule has 2 aromatic rings. The number of benzene rings is 1. The van der Waals surface area contributed by atoms with E-state index in [0.29, 0.717) is 19.4 Å². The summed E-state index contributed by atoms with van der Waals surface area (Å²) in [4.78, 5) is 39.1. The van der Waals surface area contributed by atoms with Crippen molar-refractivity contribution in [3.05, 3.63) is 46.2 Å². The fraction of sp³-hybridized carbons (Fsp3) is 0.353. The monoisotopic (exact) mass is 313 g/mol. The summed E-state index contributed by atoms with van der Waals surface area (Å²) in [7, 11) is 0. The predicted molar refractivity (Wildman–Crippen MR) is 87.6 cm³/mol. The number of para-hydroxylation sites is 1. The van der Waals surface area contributed by atoms with Crippen LogP contribution in [0.25, 0.3) is 10.9 Å². The fourth-order valence-electron chi connectivity index (χ4n) is 3.10. The highest BCUT2D eigenvalue weighted by atomic mass is 16.2. The Balaban J connectivity index is 1.72. The zero-order valence-electron chi connectivity index (χ0n) is 12.7. The number of likely N-dealkylation sites (tertiary alicyclic amines) is 1. The van der Waals surface area contributed by atoms with E-state index in [2.05, 4.69) is 10.3 Å².